The molecule has 9 nitrogen and oxygen atoms in total. The lowest BCUT2D eigenvalue weighted by Gasteiger charge is -2.38. The van der Waals surface area contributed by atoms with E-state index in [9.17, 15) is 23.1 Å². The number of carbonyl (C=O) groups excluding carboxylic acids is 2. The zero-order valence-electron chi connectivity index (χ0n) is 16.7. The normalized spacial score (nSPS) is 19.6. The fourth-order valence-electron chi connectivity index (χ4n) is 3.43. The molecule has 2 amide bonds. The minimum absolute atomic E-state index is 0.0495. The van der Waals surface area contributed by atoms with Crippen molar-refractivity contribution in [2.24, 2.45) is 5.92 Å². The lowest BCUT2D eigenvalue weighted by atomic mass is 10.1. The average molecular weight is 425 g/mol. The molecule has 1 aromatic carbocycles. The molecule has 29 heavy (non-hydrogen) atoms. The number of nitrogens with zero attached hydrogens (tertiary/aromatic N) is 2. The molecule has 1 aliphatic carbocycles. The lowest BCUT2D eigenvalue weighted by Crippen LogP contribution is -2.58. The SMILES string of the molecule is CNS(=O)(=O)c1ccccc1N1CCN(C(=O)C(NC(=O)C2CC2)C(C)O)CC1. The van der Waals surface area contributed by atoms with Crippen molar-refractivity contribution >= 4 is 27.5 Å². The van der Waals surface area contributed by atoms with Crippen LogP contribution in [0.2, 0.25) is 0 Å². The molecule has 1 heterocycles. The highest BCUT2D eigenvalue weighted by Gasteiger charge is 2.36. The van der Waals surface area contributed by atoms with Crippen LogP contribution in [0, 0.1) is 5.92 Å². The van der Waals surface area contributed by atoms with Crippen LogP contribution in [-0.4, -0.2) is 75.6 Å². The molecule has 1 saturated carbocycles. The van der Waals surface area contributed by atoms with Crippen LogP contribution in [-0.2, 0) is 19.6 Å². The largest absolute Gasteiger partial charge is 0.391 e. The third kappa shape index (κ3) is 4.88. The quantitative estimate of drug-likeness (QED) is 0.544. The molecule has 3 rings (SSSR count). The lowest BCUT2D eigenvalue weighted by molar-refractivity contribution is -0.139. The Bertz CT molecular complexity index is 861. The summed E-state index contributed by atoms with van der Waals surface area (Å²) in [6.45, 7) is 3.13. The van der Waals surface area contributed by atoms with E-state index in [0.29, 0.717) is 31.9 Å². The predicted octanol–water partition coefficient (Wildman–Crippen LogP) is -0.481. The summed E-state index contributed by atoms with van der Waals surface area (Å²) in [5.74, 6) is -0.551. The number of anilines is 1. The number of aliphatic hydroxyl groups excluding tert-OH is 1. The van der Waals surface area contributed by atoms with E-state index in [1.807, 2.05) is 4.90 Å². The highest BCUT2D eigenvalue weighted by molar-refractivity contribution is 7.89. The van der Waals surface area contributed by atoms with Gasteiger partial charge in [-0.25, -0.2) is 13.1 Å². The van der Waals surface area contributed by atoms with Gasteiger partial charge in [0, 0.05) is 32.1 Å². The predicted molar refractivity (Wildman–Crippen MR) is 108 cm³/mol. The van der Waals surface area contributed by atoms with Gasteiger partial charge in [-0.15, -0.1) is 0 Å². The summed E-state index contributed by atoms with van der Waals surface area (Å²) in [6, 6.07) is 5.78. The maximum absolute atomic E-state index is 12.9. The monoisotopic (exact) mass is 424 g/mol. The number of carbonyl (C=O) groups is 2. The van der Waals surface area contributed by atoms with Crippen molar-refractivity contribution in [1.29, 1.82) is 0 Å². The molecule has 0 aromatic heterocycles. The van der Waals surface area contributed by atoms with Gasteiger partial charge in [-0.3, -0.25) is 9.59 Å². The van der Waals surface area contributed by atoms with Crippen LogP contribution in [0.3, 0.4) is 0 Å². The number of benzene rings is 1. The zero-order chi connectivity index (χ0) is 21.2. The second-order valence-electron chi connectivity index (χ2n) is 7.49. The van der Waals surface area contributed by atoms with Crippen LogP contribution >= 0.6 is 0 Å². The summed E-state index contributed by atoms with van der Waals surface area (Å²) in [6.07, 6.45) is 0.644. The molecule has 2 atom stereocenters. The molecule has 2 unspecified atom stereocenters. The van der Waals surface area contributed by atoms with E-state index in [2.05, 4.69) is 10.0 Å². The van der Waals surface area contributed by atoms with Gasteiger partial charge in [0.2, 0.25) is 21.8 Å². The van der Waals surface area contributed by atoms with Gasteiger partial charge >= 0.3 is 0 Å². The van der Waals surface area contributed by atoms with Crippen LogP contribution in [0.5, 0.6) is 0 Å². The molecular formula is C19H28N4O5S. The Morgan fingerprint density at radius 2 is 1.76 bits per heavy atom. The van der Waals surface area contributed by atoms with Gasteiger partial charge in [-0.1, -0.05) is 12.1 Å². The summed E-state index contributed by atoms with van der Waals surface area (Å²) in [5.41, 5.74) is 0.586. The van der Waals surface area contributed by atoms with Crippen molar-refractivity contribution < 1.29 is 23.1 Å². The summed E-state index contributed by atoms with van der Waals surface area (Å²) >= 11 is 0. The second-order valence-corrected chi connectivity index (χ2v) is 9.34. The Labute approximate surface area is 171 Å². The molecule has 160 valence electrons. The number of amides is 2. The van der Waals surface area contributed by atoms with E-state index in [1.54, 1.807) is 29.2 Å². The van der Waals surface area contributed by atoms with Gasteiger partial charge in [-0.2, -0.15) is 0 Å². The van der Waals surface area contributed by atoms with E-state index in [0.717, 1.165) is 12.8 Å². The van der Waals surface area contributed by atoms with E-state index >= 15 is 0 Å². The van der Waals surface area contributed by atoms with Crippen molar-refractivity contribution in [1.82, 2.24) is 14.9 Å². The molecule has 0 bridgehead atoms. The number of para-hydroxylation sites is 1. The number of piperazine rings is 1. The van der Waals surface area contributed by atoms with Crippen LogP contribution in [0.15, 0.2) is 29.2 Å². The van der Waals surface area contributed by atoms with Crippen LogP contribution in [0.25, 0.3) is 0 Å². The van der Waals surface area contributed by atoms with E-state index in [4.69, 9.17) is 0 Å². The highest BCUT2D eigenvalue weighted by atomic mass is 32.2. The number of hydrogen-bond donors (Lipinski definition) is 3. The minimum atomic E-state index is -3.60. The Kier molecular flexibility index (Phi) is 6.45. The Morgan fingerprint density at radius 1 is 1.14 bits per heavy atom. The third-order valence-corrected chi connectivity index (χ3v) is 6.81. The fourth-order valence-corrected chi connectivity index (χ4v) is 4.38. The average Bonchev–Trinajstić information content (AvgIpc) is 3.57. The van der Waals surface area contributed by atoms with Gasteiger partial charge in [0.25, 0.3) is 0 Å². The van der Waals surface area contributed by atoms with Crippen molar-refractivity contribution in [3.63, 3.8) is 0 Å². The maximum Gasteiger partial charge on any atom is 0.247 e. The first kappa shape index (κ1) is 21.5. The molecule has 2 fully saturated rings. The molecule has 1 aromatic rings. The van der Waals surface area contributed by atoms with Crippen LogP contribution in [0.1, 0.15) is 19.8 Å². The smallest absolute Gasteiger partial charge is 0.247 e. The van der Waals surface area contributed by atoms with Gasteiger partial charge in [0.15, 0.2) is 0 Å². The molecule has 1 saturated heterocycles. The molecule has 1 aliphatic heterocycles. The number of sulfonamides is 1. The standard InChI is InChI=1S/C19H28N4O5S/c1-13(24)17(21-18(25)14-7-8-14)19(26)23-11-9-22(10-12-23)15-5-3-4-6-16(15)29(27,28)20-2/h3-6,13-14,17,20,24H,7-12H2,1-2H3,(H,21,25). The number of nitrogens with one attached hydrogen (secondary N) is 2. The fraction of sp³-hybridized carbons (Fsp3) is 0.579. The van der Waals surface area contributed by atoms with E-state index in [1.165, 1.54) is 14.0 Å². The Morgan fingerprint density at radius 3 is 2.31 bits per heavy atom. The van der Waals surface area contributed by atoms with E-state index in [-0.39, 0.29) is 22.6 Å². The topological polar surface area (TPSA) is 119 Å². The number of hydrogen-bond acceptors (Lipinski definition) is 6. The van der Waals surface area contributed by atoms with E-state index < -0.39 is 22.2 Å². The number of rotatable bonds is 7. The number of aliphatic hydroxyl groups is 1. The molecule has 10 heteroatoms. The molecule has 0 radical (unpaired) electrons. The van der Waals surface area contributed by atoms with Crippen molar-refractivity contribution in [2.75, 3.05) is 38.1 Å². The first-order chi connectivity index (χ1) is 13.7. The Hall–Kier alpha value is -2.17. The van der Waals surface area contributed by atoms with Gasteiger partial charge in [-0.05, 0) is 38.9 Å². The van der Waals surface area contributed by atoms with Crippen LogP contribution in [0.4, 0.5) is 5.69 Å². The molecule has 2 aliphatic rings. The molecule has 0 spiro atoms. The van der Waals surface area contributed by atoms with Crippen LogP contribution < -0.4 is 14.9 Å². The van der Waals surface area contributed by atoms with Gasteiger partial charge in [0.05, 0.1) is 11.8 Å². The Balaban J connectivity index is 1.67. The summed E-state index contributed by atoms with van der Waals surface area (Å²) < 4.78 is 26.9. The highest BCUT2D eigenvalue weighted by Crippen LogP contribution is 2.29. The zero-order valence-corrected chi connectivity index (χ0v) is 17.5. The first-order valence-corrected chi connectivity index (χ1v) is 11.3. The van der Waals surface area contributed by atoms with Gasteiger partial charge < -0.3 is 20.2 Å². The van der Waals surface area contributed by atoms with Gasteiger partial charge in [0.1, 0.15) is 10.9 Å². The maximum atomic E-state index is 12.9. The first-order valence-electron chi connectivity index (χ1n) is 9.79. The van der Waals surface area contributed by atoms with Crippen molar-refractivity contribution in [2.45, 2.75) is 36.8 Å². The molecular weight excluding hydrogens is 396 g/mol. The summed E-state index contributed by atoms with van der Waals surface area (Å²) in [4.78, 5) is 28.6. The van der Waals surface area contributed by atoms with Crippen molar-refractivity contribution in [3.8, 4) is 0 Å². The third-order valence-electron chi connectivity index (χ3n) is 5.35. The van der Waals surface area contributed by atoms with Crippen molar-refractivity contribution in [3.05, 3.63) is 24.3 Å². The molecule has 3 N–H and O–H groups in total. The summed E-state index contributed by atoms with van der Waals surface area (Å²) in [7, 11) is -2.23. The second kappa shape index (κ2) is 8.68. The summed E-state index contributed by atoms with van der Waals surface area (Å²) in [5, 5.41) is 12.7. The minimum Gasteiger partial charge on any atom is -0.391 e.